The second-order valence-corrected chi connectivity index (χ2v) is 6.58. The van der Waals surface area contributed by atoms with E-state index in [4.69, 9.17) is 0 Å². The summed E-state index contributed by atoms with van der Waals surface area (Å²) in [7, 11) is 0. The normalized spacial score (nSPS) is 10.8. The van der Waals surface area contributed by atoms with Gasteiger partial charge in [0.25, 0.3) is 5.91 Å². The van der Waals surface area contributed by atoms with Gasteiger partial charge in [0.2, 0.25) is 0 Å². The molecule has 1 aromatic carbocycles. The Morgan fingerprint density at radius 2 is 1.85 bits per heavy atom. The Labute approximate surface area is 151 Å². The van der Waals surface area contributed by atoms with Crippen LogP contribution in [0.3, 0.4) is 0 Å². The van der Waals surface area contributed by atoms with Crippen molar-refractivity contribution >= 4 is 17.2 Å². The van der Waals surface area contributed by atoms with Crippen molar-refractivity contribution in [1.82, 2.24) is 15.3 Å². The molecule has 0 atom stereocenters. The van der Waals surface area contributed by atoms with Crippen molar-refractivity contribution in [3.05, 3.63) is 70.2 Å². The molecule has 134 valence electrons. The summed E-state index contributed by atoms with van der Waals surface area (Å²) in [5.74, 6) is -5.27. The standard InChI is InChI=1S/C18H14F3N3OS/c1-10-14(26-18(24-10)11-4-7-22-8-5-11)6-9-23-17(25)12-2-3-13(19)16(21)15(12)20/h2-5,7-8H,6,9H2,1H3,(H,23,25). The number of aromatic nitrogens is 2. The fraction of sp³-hybridized carbons (Fsp3) is 0.167. The van der Waals surface area contributed by atoms with Crippen molar-refractivity contribution in [3.63, 3.8) is 0 Å². The Morgan fingerprint density at radius 3 is 2.58 bits per heavy atom. The molecule has 3 aromatic rings. The number of benzene rings is 1. The Balaban J connectivity index is 1.64. The molecule has 1 amide bonds. The van der Waals surface area contributed by atoms with E-state index in [0.717, 1.165) is 33.3 Å². The van der Waals surface area contributed by atoms with Crippen molar-refractivity contribution in [1.29, 1.82) is 0 Å². The zero-order valence-electron chi connectivity index (χ0n) is 13.7. The number of pyridine rings is 1. The second kappa shape index (κ2) is 7.65. The fourth-order valence-electron chi connectivity index (χ4n) is 2.36. The zero-order chi connectivity index (χ0) is 18.7. The second-order valence-electron chi connectivity index (χ2n) is 5.49. The first-order chi connectivity index (χ1) is 12.5. The number of rotatable bonds is 5. The molecule has 26 heavy (non-hydrogen) atoms. The van der Waals surface area contributed by atoms with Gasteiger partial charge in [-0.2, -0.15) is 0 Å². The Hall–Kier alpha value is -2.74. The Bertz CT molecular complexity index is 944. The summed E-state index contributed by atoms with van der Waals surface area (Å²) in [5, 5.41) is 3.36. The molecule has 2 aromatic heterocycles. The summed E-state index contributed by atoms with van der Waals surface area (Å²) in [6.07, 6.45) is 3.86. The number of nitrogens with one attached hydrogen (secondary N) is 1. The number of halogens is 3. The van der Waals surface area contributed by atoms with Crippen molar-refractivity contribution in [3.8, 4) is 10.6 Å². The average molecular weight is 377 g/mol. The van der Waals surface area contributed by atoms with Gasteiger partial charge < -0.3 is 5.32 Å². The van der Waals surface area contributed by atoms with Gasteiger partial charge in [0.1, 0.15) is 5.01 Å². The molecule has 0 unspecified atom stereocenters. The predicted molar refractivity (Wildman–Crippen MR) is 92.4 cm³/mol. The molecule has 4 nitrogen and oxygen atoms in total. The van der Waals surface area contributed by atoms with Gasteiger partial charge in [-0.3, -0.25) is 9.78 Å². The summed E-state index contributed by atoms with van der Waals surface area (Å²) in [5.41, 5.74) is 1.27. The van der Waals surface area contributed by atoms with Crippen LogP contribution in [-0.2, 0) is 6.42 Å². The highest BCUT2D eigenvalue weighted by atomic mass is 32.1. The molecule has 0 aliphatic rings. The quantitative estimate of drug-likeness (QED) is 0.686. The van der Waals surface area contributed by atoms with Crippen LogP contribution in [0.2, 0.25) is 0 Å². The van der Waals surface area contributed by atoms with E-state index in [1.54, 1.807) is 12.4 Å². The summed E-state index contributed by atoms with van der Waals surface area (Å²) in [4.78, 5) is 21.4. The molecule has 8 heteroatoms. The van der Waals surface area contributed by atoms with Gasteiger partial charge in [0.05, 0.1) is 11.3 Å². The summed E-state index contributed by atoms with van der Waals surface area (Å²) >= 11 is 1.49. The number of thiazole rings is 1. The SMILES string of the molecule is Cc1nc(-c2ccncc2)sc1CCNC(=O)c1ccc(F)c(F)c1F. The molecule has 0 aliphatic heterocycles. The van der Waals surface area contributed by atoms with Crippen LogP contribution in [0.5, 0.6) is 0 Å². The van der Waals surface area contributed by atoms with E-state index in [-0.39, 0.29) is 6.54 Å². The molecular formula is C18H14F3N3OS. The highest BCUT2D eigenvalue weighted by molar-refractivity contribution is 7.15. The van der Waals surface area contributed by atoms with Crippen LogP contribution in [0.25, 0.3) is 10.6 Å². The van der Waals surface area contributed by atoms with Crippen LogP contribution in [0.1, 0.15) is 20.9 Å². The monoisotopic (exact) mass is 377 g/mol. The molecule has 1 N–H and O–H groups in total. The number of hydrogen-bond acceptors (Lipinski definition) is 4. The van der Waals surface area contributed by atoms with Crippen LogP contribution < -0.4 is 5.32 Å². The van der Waals surface area contributed by atoms with Gasteiger partial charge in [0, 0.05) is 35.8 Å². The van der Waals surface area contributed by atoms with Crippen molar-refractivity contribution in [2.75, 3.05) is 6.54 Å². The van der Waals surface area contributed by atoms with E-state index in [9.17, 15) is 18.0 Å². The first kappa shape index (κ1) is 18.1. The lowest BCUT2D eigenvalue weighted by molar-refractivity contribution is 0.0949. The van der Waals surface area contributed by atoms with Crippen LogP contribution in [0, 0.1) is 24.4 Å². The van der Waals surface area contributed by atoms with Gasteiger partial charge in [-0.05, 0) is 31.2 Å². The molecule has 0 fully saturated rings. The summed E-state index contributed by atoms with van der Waals surface area (Å²) in [6.45, 7) is 2.09. The third-order valence-corrected chi connectivity index (χ3v) is 5.00. The number of nitrogens with zero attached hydrogens (tertiary/aromatic N) is 2. The average Bonchev–Trinajstić information content (AvgIpc) is 3.01. The van der Waals surface area contributed by atoms with E-state index < -0.39 is 28.9 Å². The maximum absolute atomic E-state index is 13.6. The minimum atomic E-state index is -1.65. The van der Waals surface area contributed by atoms with E-state index in [1.165, 1.54) is 11.3 Å². The van der Waals surface area contributed by atoms with Gasteiger partial charge in [-0.1, -0.05) is 0 Å². The molecule has 0 bridgehead atoms. The minimum absolute atomic E-state index is 0.218. The number of amides is 1. The van der Waals surface area contributed by atoms with Gasteiger partial charge in [-0.25, -0.2) is 18.2 Å². The zero-order valence-corrected chi connectivity index (χ0v) is 14.5. The maximum atomic E-state index is 13.6. The lowest BCUT2D eigenvalue weighted by Gasteiger charge is -2.06. The molecule has 0 radical (unpaired) electrons. The molecule has 0 saturated carbocycles. The minimum Gasteiger partial charge on any atom is -0.352 e. The number of hydrogen-bond donors (Lipinski definition) is 1. The van der Waals surface area contributed by atoms with Crippen LogP contribution in [0.4, 0.5) is 13.2 Å². The molecule has 2 heterocycles. The van der Waals surface area contributed by atoms with Gasteiger partial charge in [0.15, 0.2) is 17.5 Å². The third-order valence-electron chi connectivity index (χ3n) is 3.74. The van der Waals surface area contributed by atoms with Crippen LogP contribution in [-0.4, -0.2) is 22.4 Å². The third kappa shape index (κ3) is 3.75. The van der Waals surface area contributed by atoms with Crippen molar-refractivity contribution in [2.24, 2.45) is 0 Å². The molecule has 3 rings (SSSR count). The van der Waals surface area contributed by atoms with Crippen molar-refractivity contribution in [2.45, 2.75) is 13.3 Å². The number of aryl methyl sites for hydroxylation is 1. The Morgan fingerprint density at radius 1 is 1.12 bits per heavy atom. The highest BCUT2D eigenvalue weighted by Crippen LogP contribution is 2.27. The summed E-state index contributed by atoms with van der Waals surface area (Å²) in [6, 6.07) is 5.36. The van der Waals surface area contributed by atoms with E-state index in [1.807, 2.05) is 19.1 Å². The lowest BCUT2D eigenvalue weighted by Crippen LogP contribution is -2.27. The fourth-order valence-corrected chi connectivity index (χ4v) is 3.43. The Kier molecular flexibility index (Phi) is 5.32. The highest BCUT2D eigenvalue weighted by Gasteiger charge is 2.18. The van der Waals surface area contributed by atoms with Crippen LogP contribution >= 0.6 is 11.3 Å². The van der Waals surface area contributed by atoms with Gasteiger partial charge >= 0.3 is 0 Å². The van der Waals surface area contributed by atoms with Crippen LogP contribution in [0.15, 0.2) is 36.7 Å². The first-order valence-corrected chi connectivity index (χ1v) is 8.57. The smallest absolute Gasteiger partial charge is 0.254 e. The first-order valence-electron chi connectivity index (χ1n) is 7.75. The molecular weight excluding hydrogens is 363 g/mol. The predicted octanol–water partition coefficient (Wildman–Crippen LogP) is 3.90. The molecule has 0 spiro atoms. The van der Waals surface area contributed by atoms with E-state index in [2.05, 4.69) is 15.3 Å². The number of carbonyl (C=O) groups is 1. The van der Waals surface area contributed by atoms with E-state index >= 15 is 0 Å². The molecule has 0 aliphatic carbocycles. The lowest BCUT2D eigenvalue weighted by atomic mass is 10.2. The van der Waals surface area contributed by atoms with Gasteiger partial charge in [-0.15, -0.1) is 11.3 Å². The largest absolute Gasteiger partial charge is 0.352 e. The summed E-state index contributed by atoms with van der Waals surface area (Å²) < 4.78 is 39.8. The number of carbonyl (C=O) groups excluding carboxylic acids is 1. The van der Waals surface area contributed by atoms with E-state index in [0.29, 0.717) is 6.42 Å². The molecule has 0 saturated heterocycles. The van der Waals surface area contributed by atoms with Crippen molar-refractivity contribution < 1.29 is 18.0 Å². The topological polar surface area (TPSA) is 54.9 Å². The maximum Gasteiger partial charge on any atom is 0.254 e.